The molecule has 3 rings (SSSR count). The first-order valence-corrected chi connectivity index (χ1v) is 9.68. The van der Waals surface area contributed by atoms with E-state index < -0.39 is 0 Å². The molecule has 5 heteroatoms. The van der Waals surface area contributed by atoms with Crippen LogP contribution in [-0.4, -0.2) is 40.2 Å². The average molecular weight is 374 g/mol. The second kappa shape index (κ2) is 8.49. The number of halogens is 1. The second-order valence-electron chi connectivity index (χ2n) is 7.39. The fourth-order valence-electron chi connectivity index (χ4n) is 4.32. The molecule has 1 saturated heterocycles. The topological polar surface area (TPSA) is 48.4 Å². The van der Waals surface area contributed by atoms with E-state index in [4.69, 9.17) is 11.6 Å². The molecule has 1 aliphatic rings. The van der Waals surface area contributed by atoms with E-state index >= 15 is 0 Å². The molecule has 2 aromatic rings. The molecule has 26 heavy (non-hydrogen) atoms. The van der Waals surface area contributed by atoms with Gasteiger partial charge in [-0.1, -0.05) is 36.7 Å². The van der Waals surface area contributed by atoms with Gasteiger partial charge in [0.15, 0.2) is 0 Å². The molecule has 2 N–H and O–H groups in total. The minimum atomic E-state index is -0.195. The summed E-state index contributed by atoms with van der Waals surface area (Å²) in [7, 11) is 0. The third kappa shape index (κ3) is 4.09. The van der Waals surface area contributed by atoms with Gasteiger partial charge in [-0.25, -0.2) is 0 Å². The van der Waals surface area contributed by atoms with E-state index in [1.54, 1.807) is 6.20 Å². The molecule has 1 aromatic carbocycles. The van der Waals surface area contributed by atoms with E-state index in [1.165, 1.54) is 11.1 Å². The van der Waals surface area contributed by atoms with Crippen LogP contribution in [0, 0.1) is 5.92 Å². The van der Waals surface area contributed by atoms with Crippen LogP contribution >= 0.6 is 11.6 Å². The van der Waals surface area contributed by atoms with E-state index in [-0.39, 0.29) is 18.2 Å². The van der Waals surface area contributed by atoms with E-state index in [2.05, 4.69) is 47.2 Å². The van der Waals surface area contributed by atoms with Crippen molar-refractivity contribution in [1.29, 1.82) is 0 Å². The van der Waals surface area contributed by atoms with Gasteiger partial charge in [0.05, 0.1) is 6.61 Å². The van der Waals surface area contributed by atoms with Crippen LogP contribution in [0.4, 0.5) is 0 Å². The SMILES string of the molecule is CCN1[C@@H](c2ccc(Cl)cc2)[C@@H](CNCc2cccnc2)C[C@@]1(C)CO. The third-order valence-corrected chi connectivity index (χ3v) is 5.78. The Morgan fingerprint density at radius 2 is 2.08 bits per heavy atom. The molecule has 3 atom stereocenters. The van der Waals surface area contributed by atoms with Crippen molar-refractivity contribution in [3.8, 4) is 0 Å². The largest absolute Gasteiger partial charge is 0.394 e. The van der Waals surface area contributed by atoms with Gasteiger partial charge < -0.3 is 10.4 Å². The smallest absolute Gasteiger partial charge is 0.0613 e. The minimum absolute atomic E-state index is 0.171. The first kappa shape index (κ1) is 19.3. The number of aliphatic hydroxyl groups is 1. The first-order valence-electron chi connectivity index (χ1n) is 9.30. The van der Waals surface area contributed by atoms with Gasteiger partial charge in [-0.3, -0.25) is 9.88 Å². The number of pyridine rings is 1. The Hall–Kier alpha value is -1.46. The molecule has 1 aliphatic heterocycles. The van der Waals surface area contributed by atoms with Crippen molar-refractivity contribution in [2.75, 3.05) is 19.7 Å². The van der Waals surface area contributed by atoms with Crippen LogP contribution in [0.3, 0.4) is 0 Å². The zero-order valence-corrected chi connectivity index (χ0v) is 16.3. The minimum Gasteiger partial charge on any atom is -0.394 e. The fourth-order valence-corrected chi connectivity index (χ4v) is 4.44. The van der Waals surface area contributed by atoms with Crippen LogP contribution < -0.4 is 5.32 Å². The van der Waals surface area contributed by atoms with Crippen LogP contribution in [0.15, 0.2) is 48.8 Å². The van der Waals surface area contributed by atoms with Gasteiger partial charge in [0.1, 0.15) is 0 Å². The van der Waals surface area contributed by atoms with Gasteiger partial charge in [-0.05, 0) is 55.1 Å². The van der Waals surface area contributed by atoms with Gasteiger partial charge >= 0.3 is 0 Å². The standard InChI is InChI=1S/C21H28ClN3O/c1-3-25-20(17-6-8-19(22)9-7-17)18(11-21(25,2)15-26)14-24-13-16-5-4-10-23-12-16/h4-10,12,18,20,24,26H,3,11,13-15H2,1-2H3/t18-,20+,21+/m1/s1. The number of likely N-dealkylation sites (tertiary alicyclic amines) is 1. The fraction of sp³-hybridized carbons (Fsp3) is 0.476. The summed E-state index contributed by atoms with van der Waals surface area (Å²) in [4.78, 5) is 6.61. The first-order chi connectivity index (χ1) is 12.6. The normalized spacial score (nSPS) is 26.3. The highest BCUT2D eigenvalue weighted by atomic mass is 35.5. The number of nitrogens with zero attached hydrogens (tertiary/aromatic N) is 2. The summed E-state index contributed by atoms with van der Waals surface area (Å²) in [5.41, 5.74) is 2.26. The quantitative estimate of drug-likeness (QED) is 0.777. The number of likely N-dealkylation sites (N-methyl/N-ethyl adjacent to an activating group) is 1. The molecule has 2 heterocycles. The van der Waals surface area contributed by atoms with Crippen LogP contribution in [0.5, 0.6) is 0 Å². The Kier molecular flexibility index (Phi) is 6.30. The molecule has 1 fully saturated rings. The number of aliphatic hydroxyl groups excluding tert-OH is 1. The maximum absolute atomic E-state index is 10.1. The van der Waals surface area contributed by atoms with Crippen LogP contribution in [0.1, 0.15) is 37.4 Å². The molecule has 0 amide bonds. The van der Waals surface area contributed by atoms with Crippen molar-refractivity contribution in [2.45, 2.75) is 38.4 Å². The van der Waals surface area contributed by atoms with E-state index in [1.807, 2.05) is 24.4 Å². The molecule has 0 spiro atoms. The molecule has 0 unspecified atom stereocenters. The molecule has 1 aromatic heterocycles. The molecule has 0 saturated carbocycles. The summed E-state index contributed by atoms with van der Waals surface area (Å²) in [6.45, 7) is 7.12. The summed E-state index contributed by atoms with van der Waals surface area (Å²) in [6.07, 6.45) is 4.65. The van der Waals surface area contributed by atoms with Gasteiger partial charge in [0.2, 0.25) is 0 Å². The van der Waals surface area contributed by atoms with Crippen LogP contribution in [-0.2, 0) is 6.54 Å². The Bertz CT molecular complexity index is 694. The summed E-state index contributed by atoms with van der Waals surface area (Å²) in [6, 6.07) is 12.5. The van der Waals surface area contributed by atoms with Crippen molar-refractivity contribution >= 4 is 11.6 Å². The average Bonchev–Trinajstić information content (AvgIpc) is 2.95. The van der Waals surface area contributed by atoms with Gasteiger partial charge in [-0.2, -0.15) is 0 Å². The molecule has 140 valence electrons. The Morgan fingerprint density at radius 3 is 2.69 bits per heavy atom. The van der Waals surface area contributed by atoms with Gasteiger partial charge in [-0.15, -0.1) is 0 Å². The second-order valence-corrected chi connectivity index (χ2v) is 7.83. The van der Waals surface area contributed by atoms with Crippen LogP contribution in [0.2, 0.25) is 5.02 Å². The number of aromatic nitrogens is 1. The molecular weight excluding hydrogens is 346 g/mol. The predicted octanol–water partition coefficient (Wildman–Crippen LogP) is 3.66. The molecule has 0 bridgehead atoms. The maximum Gasteiger partial charge on any atom is 0.0613 e. The Balaban J connectivity index is 1.77. The Labute approximate surface area is 161 Å². The number of nitrogens with one attached hydrogen (secondary N) is 1. The predicted molar refractivity (Wildman–Crippen MR) is 106 cm³/mol. The van der Waals surface area contributed by atoms with E-state index in [0.717, 1.165) is 31.1 Å². The summed E-state index contributed by atoms with van der Waals surface area (Å²) in [5.74, 6) is 0.421. The van der Waals surface area contributed by atoms with Crippen molar-refractivity contribution < 1.29 is 5.11 Å². The highest BCUT2D eigenvalue weighted by Gasteiger charge is 2.47. The highest BCUT2D eigenvalue weighted by molar-refractivity contribution is 6.30. The monoisotopic (exact) mass is 373 g/mol. The number of benzene rings is 1. The van der Waals surface area contributed by atoms with Gasteiger partial charge in [0, 0.05) is 42.1 Å². The number of rotatable bonds is 7. The lowest BCUT2D eigenvalue weighted by molar-refractivity contribution is 0.0579. The number of hydrogen-bond acceptors (Lipinski definition) is 4. The highest BCUT2D eigenvalue weighted by Crippen LogP contribution is 2.46. The summed E-state index contributed by atoms with van der Waals surface area (Å²) in [5, 5.41) is 14.4. The molecule has 4 nitrogen and oxygen atoms in total. The lowest BCUT2D eigenvalue weighted by Gasteiger charge is -2.37. The Morgan fingerprint density at radius 1 is 1.31 bits per heavy atom. The molecule has 0 aliphatic carbocycles. The third-order valence-electron chi connectivity index (χ3n) is 5.53. The summed E-state index contributed by atoms with van der Waals surface area (Å²) < 4.78 is 0. The maximum atomic E-state index is 10.1. The zero-order chi connectivity index (χ0) is 18.6. The molecular formula is C21H28ClN3O. The lowest BCUT2D eigenvalue weighted by Crippen LogP contribution is -2.45. The van der Waals surface area contributed by atoms with Crippen molar-refractivity contribution in [3.05, 3.63) is 64.9 Å². The van der Waals surface area contributed by atoms with Crippen LogP contribution in [0.25, 0.3) is 0 Å². The van der Waals surface area contributed by atoms with Crippen molar-refractivity contribution in [3.63, 3.8) is 0 Å². The van der Waals surface area contributed by atoms with E-state index in [0.29, 0.717) is 5.92 Å². The van der Waals surface area contributed by atoms with Gasteiger partial charge in [0.25, 0.3) is 0 Å². The lowest BCUT2D eigenvalue weighted by atomic mass is 9.90. The molecule has 0 radical (unpaired) electrons. The van der Waals surface area contributed by atoms with Crippen molar-refractivity contribution in [2.24, 2.45) is 5.92 Å². The van der Waals surface area contributed by atoms with E-state index in [9.17, 15) is 5.11 Å². The van der Waals surface area contributed by atoms with Crippen molar-refractivity contribution in [1.82, 2.24) is 15.2 Å². The summed E-state index contributed by atoms with van der Waals surface area (Å²) >= 11 is 6.09. The zero-order valence-electron chi connectivity index (χ0n) is 15.5. The number of hydrogen-bond donors (Lipinski definition) is 2.